The van der Waals surface area contributed by atoms with Gasteiger partial charge in [-0.05, 0) is 34.9 Å². The van der Waals surface area contributed by atoms with Gasteiger partial charge in [0.2, 0.25) is 0 Å². The molecule has 0 amide bonds. The first-order valence-electron chi connectivity index (χ1n) is 7.44. The highest BCUT2D eigenvalue weighted by Gasteiger charge is 2.63. The molecule has 6 heteroatoms. The highest BCUT2D eigenvalue weighted by molar-refractivity contribution is 5.47. The summed E-state index contributed by atoms with van der Waals surface area (Å²) < 4.78 is 38.6. The quantitative estimate of drug-likeness (QED) is 0.788. The highest BCUT2D eigenvalue weighted by Crippen LogP contribution is 2.47. The fourth-order valence-electron chi connectivity index (χ4n) is 2.50. The minimum atomic E-state index is -4.42. The molecule has 0 unspecified atom stereocenters. The van der Waals surface area contributed by atoms with Gasteiger partial charge in [0.15, 0.2) is 0 Å². The van der Waals surface area contributed by atoms with E-state index in [2.05, 4.69) is 10.2 Å². The van der Waals surface area contributed by atoms with Crippen molar-refractivity contribution >= 4 is 0 Å². The number of phenolic OH excluding ortho intramolecular Hbond substituents is 1. The first kappa shape index (κ1) is 16.8. The first-order valence-corrected chi connectivity index (χ1v) is 7.44. The molecule has 0 saturated carbocycles. The van der Waals surface area contributed by atoms with Gasteiger partial charge in [0.05, 0.1) is 0 Å². The molecule has 122 valence electrons. The third-order valence-corrected chi connectivity index (χ3v) is 4.03. The predicted octanol–water partition coefficient (Wildman–Crippen LogP) is 5.30. The van der Waals surface area contributed by atoms with Crippen LogP contribution in [-0.4, -0.2) is 16.9 Å². The second-order valence-corrected chi connectivity index (χ2v) is 6.45. The number of nitrogens with zero attached hydrogens (tertiary/aromatic N) is 2. The van der Waals surface area contributed by atoms with Crippen LogP contribution in [-0.2, 0) is 6.42 Å². The van der Waals surface area contributed by atoms with Gasteiger partial charge in [-0.3, -0.25) is 0 Å². The molecule has 1 heterocycles. The summed E-state index contributed by atoms with van der Waals surface area (Å²) in [5, 5.41) is 16.7. The molecule has 0 fully saturated rings. The van der Waals surface area contributed by atoms with E-state index in [9.17, 15) is 18.3 Å². The van der Waals surface area contributed by atoms with Crippen LogP contribution in [0.3, 0.4) is 0 Å². The highest BCUT2D eigenvalue weighted by atomic mass is 19.4. The Morgan fingerprint density at radius 3 is 1.82 bits per heavy atom. The maximum atomic E-state index is 12.9. The summed E-state index contributed by atoms with van der Waals surface area (Å²) in [6.07, 6.45) is -4.38. The fourth-order valence-corrected chi connectivity index (χ4v) is 2.50. The Bertz CT molecular complexity index is 557. The topological polar surface area (TPSA) is 45.0 Å². The Morgan fingerprint density at radius 2 is 1.50 bits per heavy atom. The van der Waals surface area contributed by atoms with E-state index in [4.69, 9.17) is 0 Å². The Kier molecular flexibility index (Phi) is 4.24. The largest absolute Gasteiger partial charge is 0.507 e. The normalized spacial score (nSPS) is 16.6. The number of hydrogen-bond donors (Lipinski definition) is 1. The predicted molar refractivity (Wildman–Crippen MR) is 78.2 cm³/mol. The second kappa shape index (κ2) is 5.56. The average molecular weight is 314 g/mol. The number of rotatable bonds is 5. The van der Waals surface area contributed by atoms with Crippen LogP contribution in [0.4, 0.5) is 13.2 Å². The maximum absolute atomic E-state index is 12.9. The number of benzene rings is 1. The van der Waals surface area contributed by atoms with E-state index in [1.54, 1.807) is 12.1 Å². The van der Waals surface area contributed by atoms with Crippen molar-refractivity contribution in [1.82, 2.24) is 0 Å². The molecular weight excluding hydrogens is 293 g/mol. The lowest BCUT2D eigenvalue weighted by Crippen LogP contribution is -2.33. The molecule has 22 heavy (non-hydrogen) atoms. The standard InChI is InChI=1S/C16H21F3N2O/c1-9(2)12-7-11(8-13(10(3)4)14(12)22)5-6-15(20-21-15)16(17,18)19/h7-10,22H,5-6H2,1-4H3. The van der Waals surface area contributed by atoms with Gasteiger partial charge in [-0.2, -0.15) is 13.2 Å². The van der Waals surface area contributed by atoms with Crippen molar-refractivity contribution in [2.24, 2.45) is 10.2 Å². The molecular formula is C16H21F3N2O. The van der Waals surface area contributed by atoms with Gasteiger partial charge in [0, 0.05) is 6.42 Å². The lowest BCUT2D eigenvalue weighted by Gasteiger charge is -2.19. The van der Waals surface area contributed by atoms with Crippen LogP contribution < -0.4 is 0 Å². The summed E-state index contributed by atoms with van der Waals surface area (Å²) in [5.41, 5.74) is 0.117. The molecule has 2 rings (SSSR count). The van der Waals surface area contributed by atoms with E-state index in [-0.39, 0.29) is 30.4 Å². The molecule has 0 atom stereocenters. The van der Waals surface area contributed by atoms with E-state index in [0.29, 0.717) is 0 Å². The van der Waals surface area contributed by atoms with Gasteiger partial charge in [0.25, 0.3) is 5.66 Å². The summed E-state index contributed by atoms with van der Waals surface area (Å²) in [4.78, 5) is 0. The van der Waals surface area contributed by atoms with E-state index in [1.807, 2.05) is 27.7 Å². The lowest BCUT2D eigenvalue weighted by molar-refractivity contribution is -0.164. The zero-order chi connectivity index (χ0) is 16.7. The molecule has 1 aromatic rings. The van der Waals surface area contributed by atoms with Gasteiger partial charge >= 0.3 is 6.18 Å². The summed E-state index contributed by atoms with van der Waals surface area (Å²) in [7, 11) is 0. The third kappa shape index (κ3) is 3.10. The van der Waals surface area contributed by atoms with E-state index in [1.165, 1.54) is 0 Å². The molecule has 0 aromatic heterocycles. The number of halogens is 3. The molecule has 0 saturated heterocycles. The first-order chi connectivity index (χ1) is 10.1. The van der Waals surface area contributed by atoms with Crippen molar-refractivity contribution in [2.75, 3.05) is 0 Å². The third-order valence-electron chi connectivity index (χ3n) is 4.03. The Labute approximate surface area is 128 Å². The van der Waals surface area contributed by atoms with Crippen molar-refractivity contribution in [3.8, 4) is 5.75 Å². The van der Waals surface area contributed by atoms with E-state index >= 15 is 0 Å². The number of phenols is 1. The molecule has 1 N–H and O–H groups in total. The Balaban J connectivity index is 2.25. The van der Waals surface area contributed by atoms with Gasteiger partial charge in [-0.25, -0.2) is 0 Å². The lowest BCUT2D eigenvalue weighted by atomic mass is 9.89. The van der Waals surface area contributed by atoms with Crippen LogP contribution >= 0.6 is 0 Å². The molecule has 0 bridgehead atoms. The zero-order valence-corrected chi connectivity index (χ0v) is 13.2. The van der Waals surface area contributed by atoms with Crippen molar-refractivity contribution < 1.29 is 18.3 Å². The van der Waals surface area contributed by atoms with Crippen LogP contribution in [0, 0.1) is 0 Å². The number of hydrogen-bond acceptors (Lipinski definition) is 3. The summed E-state index contributed by atoms with van der Waals surface area (Å²) in [6.45, 7) is 7.80. The van der Waals surface area contributed by atoms with Crippen LogP contribution in [0.2, 0.25) is 0 Å². The van der Waals surface area contributed by atoms with E-state index in [0.717, 1.165) is 16.7 Å². The number of aryl methyl sites for hydroxylation is 1. The van der Waals surface area contributed by atoms with Crippen molar-refractivity contribution in [2.45, 2.75) is 64.2 Å². The van der Waals surface area contributed by atoms with Crippen molar-refractivity contribution in [1.29, 1.82) is 0 Å². The number of alkyl halides is 3. The van der Waals surface area contributed by atoms with Crippen LogP contribution in [0.5, 0.6) is 5.75 Å². The van der Waals surface area contributed by atoms with Gasteiger partial charge in [-0.1, -0.05) is 39.8 Å². The number of aromatic hydroxyl groups is 1. The van der Waals surface area contributed by atoms with Gasteiger partial charge in [0.1, 0.15) is 5.75 Å². The Morgan fingerprint density at radius 1 is 1.05 bits per heavy atom. The molecule has 1 aliphatic heterocycles. The molecule has 1 aliphatic rings. The fraction of sp³-hybridized carbons (Fsp3) is 0.625. The molecule has 1 aromatic carbocycles. The molecule has 0 radical (unpaired) electrons. The second-order valence-electron chi connectivity index (χ2n) is 6.45. The zero-order valence-electron chi connectivity index (χ0n) is 13.2. The smallest absolute Gasteiger partial charge is 0.437 e. The average Bonchev–Trinajstić information content (AvgIpc) is 3.17. The molecule has 0 spiro atoms. The van der Waals surface area contributed by atoms with Gasteiger partial charge in [-0.15, -0.1) is 10.2 Å². The summed E-state index contributed by atoms with van der Waals surface area (Å²) in [6, 6.07) is 3.58. The van der Waals surface area contributed by atoms with Crippen LogP contribution in [0.25, 0.3) is 0 Å². The molecule has 0 aliphatic carbocycles. The van der Waals surface area contributed by atoms with Crippen LogP contribution in [0.15, 0.2) is 22.4 Å². The Hall–Kier alpha value is -1.59. The molecule has 3 nitrogen and oxygen atoms in total. The van der Waals surface area contributed by atoms with Crippen LogP contribution in [0.1, 0.15) is 62.6 Å². The summed E-state index contributed by atoms with van der Waals surface area (Å²) >= 11 is 0. The monoisotopic (exact) mass is 314 g/mol. The SMILES string of the molecule is CC(C)c1cc(CCC2(C(F)(F)F)N=N2)cc(C(C)C)c1O. The minimum absolute atomic E-state index is 0.101. The van der Waals surface area contributed by atoms with Crippen molar-refractivity contribution in [3.05, 3.63) is 28.8 Å². The summed E-state index contributed by atoms with van der Waals surface area (Å²) in [5.74, 6) is 0.453. The van der Waals surface area contributed by atoms with Gasteiger partial charge < -0.3 is 5.11 Å². The van der Waals surface area contributed by atoms with Crippen molar-refractivity contribution in [3.63, 3.8) is 0 Å². The minimum Gasteiger partial charge on any atom is -0.507 e. The van der Waals surface area contributed by atoms with E-state index < -0.39 is 11.8 Å². The maximum Gasteiger partial charge on any atom is 0.437 e.